The first kappa shape index (κ1) is 17.6. The van der Waals surface area contributed by atoms with Crippen LogP contribution in [-0.4, -0.2) is 30.4 Å². The number of nitrogens with zero attached hydrogens (tertiary/aromatic N) is 5. The average molecular weight is 375 g/mol. The maximum atomic E-state index is 12.4. The third-order valence-electron chi connectivity index (χ3n) is 3.73. The van der Waals surface area contributed by atoms with Gasteiger partial charge < -0.3 is 5.32 Å². The van der Waals surface area contributed by atoms with Crippen LogP contribution in [0.2, 0.25) is 5.02 Å². The largest absolute Gasteiger partial charge is 0.322 e. The molecule has 3 rings (SSSR count). The highest BCUT2D eigenvalue weighted by molar-refractivity contribution is 6.30. The van der Waals surface area contributed by atoms with Gasteiger partial charge in [-0.25, -0.2) is 0 Å². The first-order valence-electron chi connectivity index (χ1n) is 7.62. The van der Waals surface area contributed by atoms with Gasteiger partial charge in [0.1, 0.15) is 5.69 Å². The highest BCUT2D eigenvalue weighted by Gasteiger charge is 2.29. The smallest absolute Gasteiger partial charge is 0.304 e. The molecule has 2 heterocycles. The molecule has 1 aromatic carbocycles. The summed E-state index contributed by atoms with van der Waals surface area (Å²) in [6.07, 6.45) is 1.70. The van der Waals surface area contributed by atoms with E-state index in [9.17, 15) is 14.9 Å². The second-order valence-electron chi connectivity index (χ2n) is 5.64. The van der Waals surface area contributed by atoms with E-state index in [0.717, 1.165) is 5.56 Å². The number of aromatic nitrogens is 4. The van der Waals surface area contributed by atoms with Crippen molar-refractivity contribution in [3.05, 3.63) is 68.6 Å². The summed E-state index contributed by atoms with van der Waals surface area (Å²) >= 11 is 5.86. The van der Waals surface area contributed by atoms with Gasteiger partial charge >= 0.3 is 5.69 Å². The Balaban J connectivity index is 1.76. The fraction of sp³-hybridized carbons (Fsp3) is 0.188. The second-order valence-corrected chi connectivity index (χ2v) is 6.08. The molecular formula is C16H15ClN6O3. The number of nitrogens with one attached hydrogen (secondary N) is 1. The molecule has 134 valence electrons. The molecule has 0 aliphatic heterocycles. The normalized spacial score (nSPS) is 10.7. The van der Waals surface area contributed by atoms with Crippen LogP contribution in [0.25, 0.3) is 0 Å². The van der Waals surface area contributed by atoms with E-state index in [1.807, 2.05) is 12.1 Å². The van der Waals surface area contributed by atoms with E-state index in [1.54, 1.807) is 29.1 Å². The van der Waals surface area contributed by atoms with E-state index in [4.69, 9.17) is 11.6 Å². The maximum absolute atomic E-state index is 12.4. The van der Waals surface area contributed by atoms with Gasteiger partial charge in [0.05, 0.1) is 11.5 Å². The van der Waals surface area contributed by atoms with E-state index in [2.05, 4.69) is 15.5 Å². The molecule has 0 fully saturated rings. The summed E-state index contributed by atoms with van der Waals surface area (Å²) in [5.41, 5.74) is 0.731. The van der Waals surface area contributed by atoms with Gasteiger partial charge in [0.15, 0.2) is 5.82 Å². The molecule has 0 bridgehead atoms. The highest BCUT2D eigenvalue weighted by Crippen LogP contribution is 2.23. The van der Waals surface area contributed by atoms with Gasteiger partial charge in [0, 0.05) is 24.3 Å². The Hall–Kier alpha value is -3.20. The molecule has 0 atom stereocenters. The number of carbonyl (C=O) groups is 1. The lowest BCUT2D eigenvalue weighted by Crippen LogP contribution is -2.18. The molecule has 0 aliphatic rings. The maximum Gasteiger partial charge on any atom is 0.322 e. The summed E-state index contributed by atoms with van der Waals surface area (Å²) in [5, 5.41) is 22.6. The molecule has 0 unspecified atom stereocenters. The summed E-state index contributed by atoms with van der Waals surface area (Å²) in [6.45, 7) is 1.98. The molecule has 9 nitrogen and oxygen atoms in total. The quantitative estimate of drug-likeness (QED) is 0.545. The molecular weight excluding hydrogens is 360 g/mol. The molecule has 0 saturated heterocycles. The first-order chi connectivity index (χ1) is 12.3. The number of nitro groups is 1. The second kappa shape index (κ2) is 6.96. The minimum Gasteiger partial charge on any atom is -0.304 e. The van der Waals surface area contributed by atoms with Crippen LogP contribution in [0.5, 0.6) is 0 Å². The molecule has 0 saturated carbocycles. The molecule has 2 aromatic heterocycles. The first-order valence-corrected chi connectivity index (χ1v) is 8.00. The van der Waals surface area contributed by atoms with Gasteiger partial charge in [-0.1, -0.05) is 23.7 Å². The Bertz CT molecular complexity index is 977. The number of carbonyl (C=O) groups excluding carboxylic acids is 1. The standard InChI is InChI=1S/C16H15ClN6O3/c1-10-14(23(25)26)15(21(2)19-10)16(24)18-13-7-8-22(20-13)9-11-3-5-12(17)6-4-11/h3-8H,9H2,1-2H3,(H,18,20,24). The molecule has 1 amide bonds. The predicted molar refractivity (Wildman–Crippen MR) is 95.3 cm³/mol. The fourth-order valence-electron chi connectivity index (χ4n) is 2.59. The van der Waals surface area contributed by atoms with Crippen molar-refractivity contribution >= 4 is 29.0 Å². The van der Waals surface area contributed by atoms with E-state index in [1.165, 1.54) is 18.7 Å². The Morgan fingerprint density at radius 2 is 1.96 bits per heavy atom. The van der Waals surface area contributed by atoms with Crippen molar-refractivity contribution in [2.24, 2.45) is 7.05 Å². The number of benzene rings is 1. The molecule has 26 heavy (non-hydrogen) atoms. The lowest BCUT2D eigenvalue weighted by atomic mass is 10.2. The van der Waals surface area contributed by atoms with Crippen LogP contribution in [0.4, 0.5) is 11.5 Å². The van der Waals surface area contributed by atoms with Crippen molar-refractivity contribution in [1.29, 1.82) is 0 Å². The third-order valence-corrected chi connectivity index (χ3v) is 3.98. The Morgan fingerprint density at radius 3 is 2.62 bits per heavy atom. The van der Waals surface area contributed by atoms with Gasteiger partial charge in [-0.2, -0.15) is 10.2 Å². The van der Waals surface area contributed by atoms with Gasteiger partial charge in [-0.05, 0) is 24.6 Å². The summed E-state index contributed by atoms with van der Waals surface area (Å²) < 4.78 is 2.83. The van der Waals surface area contributed by atoms with Gasteiger partial charge in [-0.15, -0.1) is 0 Å². The van der Waals surface area contributed by atoms with Crippen molar-refractivity contribution in [3.8, 4) is 0 Å². The summed E-state index contributed by atoms with van der Waals surface area (Å²) in [6, 6.07) is 8.94. The van der Waals surface area contributed by atoms with E-state index in [0.29, 0.717) is 11.6 Å². The van der Waals surface area contributed by atoms with Crippen molar-refractivity contribution < 1.29 is 9.72 Å². The molecule has 0 aliphatic carbocycles. The van der Waals surface area contributed by atoms with E-state index < -0.39 is 10.8 Å². The van der Waals surface area contributed by atoms with Crippen LogP contribution in [0.1, 0.15) is 21.7 Å². The topological polar surface area (TPSA) is 108 Å². The Kier molecular flexibility index (Phi) is 4.72. The van der Waals surface area contributed by atoms with Crippen molar-refractivity contribution in [3.63, 3.8) is 0 Å². The predicted octanol–water partition coefficient (Wildman–Crippen LogP) is 2.79. The third kappa shape index (κ3) is 3.57. The van der Waals surface area contributed by atoms with Crippen LogP contribution in [0.15, 0.2) is 36.5 Å². The van der Waals surface area contributed by atoms with Crippen molar-refractivity contribution in [2.45, 2.75) is 13.5 Å². The zero-order valence-electron chi connectivity index (χ0n) is 14.0. The average Bonchev–Trinajstić information content (AvgIpc) is 3.12. The minimum absolute atomic E-state index is 0.125. The highest BCUT2D eigenvalue weighted by atomic mass is 35.5. The number of aryl methyl sites for hydroxylation is 2. The Morgan fingerprint density at radius 1 is 1.27 bits per heavy atom. The van der Waals surface area contributed by atoms with Crippen LogP contribution < -0.4 is 5.32 Å². The van der Waals surface area contributed by atoms with Crippen molar-refractivity contribution in [1.82, 2.24) is 19.6 Å². The summed E-state index contributed by atoms with van der Waals surface area (Å²) in [5.74, 6) is -0.353. The van der Waals surface area contributed by atoms with Crippen molar-refractivity contribution in [2.75, 3.05) is 5.32 Å². The SMILES string of the molecule is Cc1nn(C)c(C(=O)Nc2ccn(Cc3ccc(Cl)cc3)n2)c1[N+](=O)[O-]. The van der Waals surface area contributed by atoms with Gasteiger partial charge in [0.2, 0.25) is 5.69 Å². The zero-order chi connectivity index (χ0) is 18.8. The molecule has 0 radical (unpaired) electrons. The monoisotopic (exact) mass is 374 g/mol. The number of anilines is 1. The van der Waals surface area contributed by atoms with E-state index >= 15 is 0 Å². The number of halogens is 1. The van der Waals surface area contributed by atoms with Gasteiger partial charge in [0.25, 0.3) is 5.91 Å². The lowest BCUT2D eigenvalue weighted by Gasteiger charge is -2.03. The van der Waals surface area contributed by atoms with Gasteiger partial charge in [-0.3, -0.25) is 24.3 Å². The summed E-state index contributed by atoms with van der Waals surface area (Å²) in [4.78, 5) is 23.0. The zero-order valence-corrected chi connectivity index (χ0v) is 14.8. The summed E-state index contributed by atoms with van der Waals surface area (Å²) in [7, 11) is 1.48. The number of hydrogen-bond acceptors (Lipinski definition) is 5. The van der Waals surface area contributed by atoms with Crippen LogP contribution in [0, 0.1) is 17.0 Å². The lowest BCUT2D eigenvalue weighted by molar-refractivity contribution is -0.385. The molecule has 3 aromatic rings. The molecule has 0 spiro atoms. The van der Waals surface area contributed by atoms with E-state index in [-0.39, 0.29) is 22.9 Å². The van der Waals surface area contributed by atoms with Crippen LogP contribution in [0.3, 0.4) is 0 Å². The van der Waals surface area contributed by atoms with Crippen LogP contribution >= 0.6 is 11.6 Å². The molecule has 1 N–H and O–H groups in total. The number of amides is 1. The van der Waals surface area contributed by atoms with Crippen LogP contribution in [-0.2, 0) is 13.6 Å². The number of rotatable bonds is 5. The number of hydrogen-bond donors (Lipinski definition) is 1. The fourth-order valence-corrected chi connectivity index (χ4v) is 2.71. The Labute approximate surface area is 153 Å². The molecule has 10 heteroatoms. The minimum atomic E-state index is -0.642.